The largest absolute Gasteiger partial charge is 0.384 e. The first-order valence-corrected chi connectivity index (χ1v) is 4.44. The van der Waals surface area contributed by atoms with Gasteiger partial charge in [0.05, 0.1) is 6.10 Å². The molecule has 12 heavy (non-hydrogen) atoms. The lowest BCUT2D eigenvalue weighted by atomic mass is 9.88. The molecule has 0 bridgehead atoms. The summed E-state index contributed by atoms with van der Waals surface area (Å²) in [5, 5.41) is 9.97. The average Bonchev–Trinajstić information content (AvgIpc) is 2.25. The smallest absolute Gasteiger partial charge is 0.186 e. The van der Waals surface area contributed by atoms with Crippen molar-refractivity contribution in [3.8, 4) is 0 Å². The van der Waals surface area contributed by atoms with Gasteiger partial charge in [0.1, 0.15) is 5.60 Å². The normalized spacial score (nSPS) is 48.2. The molecule has 0 unspecified atom stereocenters. The lowest BCUT2D eigenvalue weighted by Gasteiger charge is -2.26. The van der Waals surface area contributed by atoms with Crippen molar-refractivity contribution in [2.24, 2.45) is 5.92 Å². The molecule has 4 atom stereocenters. The zero-order chi connectivity index (χ0) is 9.35. The molecule has 1 aliphatic heterocycles. The molecule has 0 aromatic carbocycles. The highest BCUT2D eigenvalue weighted by Gasteiger charge is 2.49. The van der Waals surface area contributed by atoms with Crippen LogP contribution in [0.4, 0.5) is 0 Å². The van der Waals surface area contributed by atoms with E-state index in [1.807, 2.05) is 6.92 Å². The Morgan fingerprint density at radius 2 is 2.17 bits per heavy atom. The molecule has 72 valence electrons. The van der Waals surface area contributed by atoms with Crippen molar-refractivity contribution in [3.63, 3.8) is 0 Å². The Kier molecular flexibility index (Phi) is 2.76. The summed E-state index contributed by atoms with van der Waals surface area (Å²) in [5.74, 6) is 0.132. The fraction of sp³-hybridized carbons (Fsp3) is 1.00. The Morgan fingerprint density at radius 3 is 2.42 bits per heavy atom. The van der Waals surface area contributed by atoms with E-state index in [4.69, 9.17) is 9.47 Å². The van der Waals surface area contributed by atoms with Crippen molar-refractivity contribution in [3.05, 3.63) is 0 Å². The monoisotopic (exact) mass is 174 g/mol. The number of hydrogen-bond donors (Lipinski definition) is 1. The van der Waals surface area contributed by atoms with E-state index >= 15 is 0 Å². The minimum Gasteiger partial charge on any atom is -0.384 e. The van der Waals surface area contributed by atoms with Crippen LogP contribution >= 0.6 is 0 Å². The van der Waals surface area contributed by atoms with E-state index in [9.17, 15) is 5.11 Å². The minimum atomic E-state index is -0.852. The van der Waals surface area contributed by atoms with Crippen molar-refractivity contribution in [1.29, 1.82) is 0 Å². The van der Waals surface area contributed by atoms with Gasteiger partial charge in [0, 0.05) is 13.0 Å². The highest BCUT2D eigenvalue weighted by molar-refractivity contribution is 4.93. The van der Waals surface area contributed by atoms with E-state index in [-0.39, 0.29) is 12.0 Å². The van der Waals surface area contributed by atoms with Gasteiger partial charge in [-0.3, -0.25) is 0 Å². The van der Waals surface area contributed by atoms with Gasteiger partial charge in [-0.05, 0) is 13.3 Å². The van der Waals surface area contributed by atoms with Crippen LogP contribution in [0, 0.1) is 5.92 Å². The molecule has 0 aromatic heterocycles. The summed E-state index contributed by atoms with van der Waals surface area (Å²) in [6, 6.07) is 0. The molecule has 0 spiro atoms. The van der Waals surface area contributed by atoms with E-state index < -0.39 is 11.9 Å². The first kappa shape index (κ1) is 9.96. The number of methoxy groups -OCH3 is 1. The van der Waals surface area contributed by atoms with Crippen LogP contribution in [-0.2, 0) is 9.47 Å². The summed E-state index contributed by atoms with van der Waals surface area (Å²) in [6.45, 7) is 5.81. The Hall–Kier alpha value is -0.120. The van der Waals surface area contributed by atoms with Crippen LogP contribution in [0.2, 0.25) is 0 Å². The van der Waals surface area contributed by atoms with E-state index in [1.165, 1.54) is 0 Å². The molecular weight excluding hydrogens is 156 g/mol. The summed E-state index contributed by atoms with van der Waals surface area (Å²) in [7, 11) is 1.56. The average molecular weight is 174 g/mol. The Balaban J connectivity index is 2.73. The zero-order valence-corrected chi connectivity index (χ0v) is 8.20. The van der Waals surface area contributed by atoms with Crippen molar-refractivity contribution in [2.45, 2.75) is 45.2 Å². The van der Waals surface area contributed by atoms with E-state index in [0.29, 0.717) is 0 Å². The minimum absolute atomic E-state index is 0.116. The fourth-order valence-electron chi connectivity index (χ4n) is 1.75. The topological polar surface area (TPSA) is 38.7 Å². The third kappa shape index (κ3) is 1.37. The van der Waals surface area contributed by atoms with Crippen LogP contribution in [0.15, 0.2) is 0 Å². The van der Waals surface area contributed by atoms with Gasteiger partial charge in [0.2, 0.25) is 0 Å². The maximum Gasteiger partial charge on any atom is 0.186 e. The third-order valence-electron chi connectivity index (χ3n) is 2.87. The van der Waals surface area contributed by atoms with Crippen LogP contribution in [0.25, 0.3) is 0 Å². The standard InChI is InChI=1S/C9H18O3/c1-5-7-6(2)9(3,10)8(11-4)12-7/h6-8,10H,5H2,1-4H3/t6-,7-,8+,9-/m1/s1. The first-order valence-electron chi connectivity index (χ1n) is 4.44. The Labute approximate surface area is 73.7 Å². The van der Waals surface area contributed by atoms with Gasteiger partial charge in [-0.1, -0.05) is 13.8 Å². The van der Waals surface area contributed by atoms with Crippen LogP contribution < -0.4 is 0 Å². The molecule has 1 rings (SSSR count). The van der Waals surface area contributed by atoms with Gasteiger partial charge in [0.15, 0.2) is 6.29 Å². The quantitative estimate of drug-likeness (QED) is 0.682. The molecule has 0 amide bonds. The van der Waals surface area contributed by atoms with Crippen LogP contribution in [0.5, 0.6) is 0 Å². The molecule has 1 aliphatic rings. The van der Waals surface area contributed by atoms with Crippen molar-refractivity contribution >= 4 is 0 Å². The van der Waals surface area contributed by atoms with Gasteiger partial charge in [-0.15, -0.1) is 0 Å². The Morgan fingerprint density at radius 1 is 1.58 bits per heavy atom. The summed E-state index contributed by atoms with van der Waals surface area (Å²) < 4.78 is 10.6. The van der Waals surface area contributed by atoms with Crippen LogP contribution in [0.3, 0.4) is 0 Å². The fourth-order valence-corrected chi connectivity index (χ4v) is 1.75. The molecule has 1 fully saturated rings. The molecule has 0 aromatic rings. The molecular formula is C9H18O3. The number of ether oxygens (including phenoxy) is 2. The molecule has 3 nitrogen and oxygen atoms in total. The summed E-state index contributed by atoms with van der Waals surface area (Å²) in [4.78, 5) is 0. The van der Waals surface area contributed by atoms with Crippen LogP contribution in [-0.4, -0.2) is 30.2 Å². The molecule has 0 radical (unpaired) electrons. The highest BCUT2D eigenvalue weighted by atomic mass is 16.7. The lowest BCUT2D eigenvalue weighted by Crippen LogP contribution is -2.40. The zero-order valence-electron chi connectivity index (χ0n) is 8.20. The highest BCUT2D eigenvalue weighted by Crippen LogP contribution is 2.37. The molecule has 1 saturated heterocycles. The van der Waals surface area contributed by atoms with Gasteiger partial charge in [-0.2, -0.15) is 0 Å². The van der Waals surface area contributed by atoms with E-state index in [0.717, 1.165) is 6.42 Å². The van der Waals surface area contributed by atoms with Crippen molar-refractivity contribution < 1.29 is 14.6 Å². The molecule has 1 heterocycles. The number of aliphatic hydroxyl groups is 1. The van der Waals surface area contributed by atoms with Crippen molar-refractivity contribution in [1.82, 2.24) is 0 Å². The third-order valence-corrected chi connectivity index (χ3v) is 2.87. The second-order valence-corrected chi connectivity index (χ2v) is 3.66. The summed E-state index contributed by atoms with van der Waals surface area (Å²) in [6.07, 6.45) is 0.555. The molecule has 1 N–H and O–H groups in total. The predicted octanol–water partition coefficient (Wildman–Crippen LogP) is 1.15. The maximum absolute atomic E-state index is 9.97. The van der Waals surface area contributed by atoms with Gasteiger partial charge in [0.25, 0.3) is 0 Å². The van der Waals surface area contributed by atoms with Gasteiger partial charge < -0.3 is 14.6 Å². The van der Waals surface area contributed by atoms with Crippen molar-refractivity contribution in [2.75, 3.05) is 7.11 Å². The predicted molar refractivity (Wildman–Crippen MR) is 45.7 cm³/mol. The second-order valence-electron chi connectivity index (χ2n) is 3.66. The van der Waals surface area contributed by atoms with E-state index in [2.05, 4.69) is 6.92 Å². The Bertz CT molecular complexity index is 152. The maximum atomic E-state index is 9.97. The SMILES string of the molecule is CC[C@H]1O[C@H](OC)[C@](C)(O)[C@@H]1C. The lowest BCUT2D eigenvalue weighted by molar-refractivity contribution is -0.182. The summed E-state index contributed by atoms with van der Waals surface area (Å²) >= 11 is 0. The molecule has 0 saturated carbocycles. The van der Waals surface area contributed by atoms with Gasteiger partial charge >= 0.3 is 0 Å². The number of hydrogen-bond acceptors (Lipinski definition) is 3. The van der Waals surface area contributed by atoms with E-state index in [1.54, 1.807) is 14.0 Å². The van der Waals surface area contributed by atoms with Gasteiger partial charge in [-0.25, -0.2) is 0 Å². The first-order chi connectivity index (χ1) is 5.54. The second kappa shape index (κ2) is 3.32. The molecule has 0 aliphatic carbocycles. The molecule has 3 heteroatoms. The summed E-state index contributed by atoms with van der Waals surface area (Å²) in [5.41, 5.74) is -0.852. The number of rotatable bonds is 2. The van der Waals surface area contributed by atoms with Crippen LogP contribution in [0.1, 0.15) is 27.2 Å².